The zero-order valence-corrected chi connectivity index (χ0v) is 12.9. The number of sulfone groups is 1. The summed E-state index contributed by atoms with van der Waals surface area (Å²) >= 11 is 0. The van der Waals surface area contributed by atoms with Gasteiger partial charge in [-0.1, -0.05) is 13.3 Å². The van der Waals surface area contributed by atoms with Crippen molar-refractivity contribution < 1.29 is 8.42 Å². The third-order valence-corrected chi connectivity index (χ3v) is 3.51. The van der Waals surface area contributed by atoms with Crippen LogP contribution in [-0.4, -0.2) is 58.0 Å². The smallest absolute Gasteiger partial charge is 0.193 e. The molecule has 0 spiro atoms. The maximum atomic E-state index is 11.0. The second-order valence-electron chi connectivity index (χ2n) is 4.49. The van der Waals surface area contributed by atoms with Gasteiger partial charge in [0.1, 0.15) is 9.84 Å². The third kappa shape index (κ3) is 9.27. The van der Waals surface area contributed by atoms with E-state index in [-0.39, 0.29) is 5.75 Å². The van der Waals surface area contributed by atoms with Crippen molar-refractivity contribution in [3.63, 3.8) is 0 Å². The van der Waals surface area contributed by atoms with E-state index in [2.05, 4.69) is 22.1 Å². The molecule has 5 nitrogen and oxygen atoms in total. The first-order valence-electron chi connectivity index (χ1n) is 6.57. The summed E-state index contributed by atoms with van der Waals surface area (Å²) in [5.74, 6) is 1.06. The monoisotopic (exact) mass is 277 g/mol. The molecule has 0 aliphatic carbocycles. The van der Waals surface area contributed by atoms with Gasteiger partial charge in [0.25, 0.3) is 0 Å². The standard InChI is InChI=1S/C12H27N3O2S/c1-5-7-10-15(3)12(13-6-2)14-9-8-11-18(4,16)17/h5-11H2,1-4H3,(H,13,14). The average Bonchev–Trinajstić information content (AvgIpc) is 2.28. The van der Waals surface area contributed by atoms with Crippen LogP contribution < -0.4 is 5.32 Å². The minimum atomic E-state index is -2.87. The molecule has 0 amide bonds. The summed E-state index contributed by atoms with van der Waals surface area (Å²) in [5.41, 5.74) is 0. The summed E-state index contributed by atoms with van der Waals surface area (Å²) in [6.45, 7) is 6.52. The van der Waals surface area contributed by atoms with Crippen LogP contribution in [0.15, 0.2) is 4.99 Å². The highest BCUT2D eigenvalue weighted by molar-refractivity contribution is 7.90. The molecule has 0 saturated heterocycles. The predicted octanol–water partition coefficient (Wildman–Crippen LogP) is 1.12. The molecule has 0 unspecified atom stereocenters. The number of nitrogens with zero attached hydrogens (tertiary/aromatic N) is 2. The van der Waals surface area contributed by atoms with Crippen LogP contribution in [0, 0.1) is 0 Å². The van der Waals surface area contributed by atoms with Crippen molar-refractivity contribution in [1.29, 1.82) is 0 Å². The van der Waals surface area contributed by atoms with Crippen molar-refractivity contribution in [2.75, 3.05) is 38.7 Å². The second kappa shape index (κ2) is 9.19. The SMILES string of the molecule is CCCCN(C)C(=NCCCS(C)(=O)=O)NCC. The van der Waals surface area contributed by atoms with E-state index >= 15 is 0 Å². The summed E-state index contributed by atoms with van der Waals surface area (Å²) in [4.78, 5) is 6.53. The van der Waals surface area contributed by atoms with Crippen molar-refractivity contribution in [3.05, 3.63) is 0 Å². The van der Waals surface area contributed by atoms with E-state index < -0.39 is 9.84 Å². The molecule has 18 heavy (non-hydrogen) atoms. The number of hydrogen-bond donors (Lipinski definition) is 1. The molecule has 0 aromatic carbocycles. The number of hydrogen-bond acceptors (Lipinski definition) is 3. The molecule has 108 valence electrons. The Morgan fingerprint density at radius 1 is 1.28 bits per heavy atom. The van der Waals surface area contributed by atoms with Gasteiger partial charge in [-0.3, -0.25) is 4.99 Å². The van der Waals surface area contributed by atoms with Gasteiger partial charge >= 0.3 is 0 Å². The van der Waals surface area contributed by atoms with Crippen LogP contribution in [0.3, 0.4) is 0 Å². The van der Waals surface area contributed by atoms with Gasteiger partial charge in [-0.2, -0.15) is 0 Å². The maximum Gasteiger partial charge on any atom is 0.193 e. The molecule has 0 aliphatic heterocycles. The molecule has 6 heteroatoms. The molecule has 0 aliphatic rings. The molecule has 0 rings (SSSR count). The lowest BCUT2D eigenvalue weighted by Gasteiger charge is -2.21. The van der Waals surface area contributed by atoms with Gasteiger partial charge in [-0.15, -0.1) is 0 Å². The fourth-order valence-corrected chi connectivity index (χ4v) is 2.14. The highest BCUT2D eigenvalue weighted by Crippen LogP contribution is 1.95. The van der Waals surface area contributed by atoms with Crippen molar-refractivity contribution in [2.45, 2.75) is 33.1 Å². The first-order valence-corrected chi connectivity index (χ1v) is 8.64. The van der Waals surface area contributed by atoms with Crippen LogP contribution in [0.25, 0.3) is 0 Å². The molecular weight excluding hydrogens is 250 g/mol. The Kier molecular flexibility index (Phi) is 8.79. The Balaban J connectivity index is 4.22. The molecule has 0 saturated carbocycles. The third-order valence-electron chi connectivity index (χ3n) is 2.48. The molecular formula is C12H27N3O2S. The Morgan fingerprint density at radius 2 is 1.94 bits per heavy atom. The summed E-state index contributed by atoms with van der Waals surface area (Å²) in [6.07, 6.45) is 4.12. The van der Waals surface area contributed by atoms with E-state index in [9.17, 15) is 8.42 Å². The van der Waals surface area contributed by atoms with E-state index in [1.165, 1.54) is 6.26 Å². The zero-order valence-electron chi connectivity index (χ0n) is 12.1. The maximum absolute atomic E-state index is 11.0. The van der Waals surface area contributed by atoms with Crippen LogP contribution >= 0.6 is 0 Å². The van der Waals surface area contributed by atoms with Crippen molar-refractivity contribution in [3.8, 4) is 0 Å². The number of guanidine groups is 1. The number of nitrogens with one attached hydrogen (secondary N) is 1. The molecule has 1 N–H and O–H groups in total. The van der Waals surface area contributed by atoms with Crippen LogP contribution in [0.2, 0.25) is 0 Å². The van der Waals surface area contributed by atoms with E-state index in [0.29, 0.717) is 13.0 Å². The minimum absolute atomic E-state index is 0.203. The van der Waals surface area contributed by atoms with Crippen LogP contribution in [0.1, 0.15) is 33.1 Å². The first-order chi connectivity index (χ1) is 8.40. The highest BCUT2D eigenvalue weighted by Gasteiger charge is 2.05. The summed E-state index contributed by atoms with van der Waals surface area (Å²) in [7, 11) is -0.864. The molecule has 0 fully saturated rings. The highest BCUT2D eigenvalue weighted by atomic mass is 32.2. The second-order valence-corrected chi connectivity index (χ2v) is 6.75. The van der Waals surface area contributed by atoms with E-state index in [4.69, 9.17) is 0 Å². The normalized spacial score (nSPS) is 12.6. The lowest BCUT2D eigenvalue weighted by molar-refractivity contribution is 0.465. The van der Waals surface area contributed by atoms with Gasteiger partial charge in [0.05, 0.1) is 5.75 Å². The van der Waals surface area contributed by atoms with Crippen molar-refractivity contribution >= 4 is 15.8 Å². The Bertz CT molecular complexity index is 339. The molecule has 0 bridgehead atoms. The van der Waals surface area contributed by atoms with Gasteiger partial charge in [0, 0.05) is 32.9 Å². The van der Waals surface area contributed by atoms with Gasteiger partial charge in [0.2, 0.25) is 0 Å². The first kappa shape index (κ1) is 17.2. The average molecular weight is 277 g/mol. The molecule has 0 aromatic heterocycles. The molecule has 0 radical (unpaired) electrons. The van der Waals surface area contributed by atoms with Gasteiger partial charge in [-0.05, 0) is 19.8 Å². The predicted molar refractivity (Wildman–Crippen MR) is 77.8 cm³/mol. The number of rotatable bonds is 8. The largest absolute Gasteiger partial charge is 0.357 e. The van der Waals surface area contributed by atoms with Crippen molar-refractivity contribution in [1.82, 2.24) is 10.2 Å². The summed E-state index contributed by atoms with van der Waals surface area (Å²) in [5, 5.41) is 3.22. The summed E-state index contributed by atoms with van der Waals surface area (Å²) in [6, 6.07) is 0. The Hall–Kier alpha value is -0.780. The molecule has 0 heterocycles. The Labute approximate surface area is 112 Å². The quantitative estimate of drug-likeness (QED) is 0.410. The van der Waals surface area contributed by atoms with E-state index in [0.717, 1.165) is 31.9 Å². The zero-order chi connectivity index (χ0) is 14.0. The van der Waals surface area contributed by atoms with Gasteiger partial charge in [0.15, 0.2) is 5.96 Å². The number of aliphatic imine (C=N–C) groups is 1. The fourth-order valence-electron chi connectivity index (χ4n) is 1.48. The van der Waals surface area contributed by atoms with Crippen LogP contribution in [0.5, 0.6) is 0 Å². The van der Waals surface area contributed by atoms with E-state index in [1.54, 1.807) is 0 Å². The van der Waals surface area contributed by atoms with Gasteiger partial charge in [-0.25, -0.2) is 8.42 Å². The summed E-state index contributed by atoms with van der Waals surface area (Å²) < 4.78 is 22.0. The van der Waals surface area contributed by atoms with Gasteiger partial charge < -0.3 is 10.2 Å². The van der Waals surface area contributed by atoms with Crippen LogP contribution in [0.4, 0.5) is 0 Å². The molecule has 0 atom stereocenters. The fraction of sp³-hybridized carbons (Fsp3) is 0.917. The van der Waals surface area contributed by atoms with Crippen LogP contribution in [-0.2, 0) is 9.84 Å². The lowest BCUT2D eigenvalue weighted by Crippen LogP contribution is -2.39. The minimum Gasteiger partial charge on any atom is -0.357 e. The number of unbranched alkanes of at least 4 members (excludes halogenated alkanes) is 1. The molecule has 0 aromatic rings. The Morgan fingerprint density at radius 3 is 2.44 bits per heavy atom. The van der Waals surface area contributed by atoms with E-state index in [1.807, 2.05) is 14.0 Å². The van der Waals surface area contributed by atoms with Crippen molar-refractivity contribution in [2.24, 2.45) is 4.99 Å². The topological polar surface area (TPSA) is 61.8 Å². The lowest BCUT2D eigenvalue weighted by atomic mass is 10.3.